The first-order chi connectivity index (χ1) is 9.45. The first-order valence-corrected chi connectivity index (χ1v) is 6.64. The van der Waals surface area contributed by atoms with E-state index in [0.717, 1.165) is 12.1 Å². The summed E-state index contributed by atoms with van der Waals surface area (Å²) >= 11 is 2.93. The third kappa shape index (κ3) is 4.76. The van der Waals surface area contributed by atoms with Crippen molar-refractivity contribution in [1.82, 2.24) is 5.32 Å². The number of hydrogen-bond donors (Lipinski definition) is 3. The average molecular weight is 350 g/mol. The number of amidine groups is 1. The highest BCUT2D eigenvalue weighted by Crippen LogP contribution is 2.19. The number of nitrogens with two attached hydrogens (primary N) is 1. The Morgan fingerprint density at radius 2 is 1.95 bits per heavy atom. The molecule has 1 aromatic carbocycles. The minimum Gasteiger partial charge on any atom is -0.409 e. The number of carbonyl (C=O) groups excluding carboxylic acids is 1. The third-order valence-electron chi connectivity index (χ3n) is 2.51. The lowest BCUT2D eigenvalue weighted by molar-refractivity contribution is 0.0944. The molecule has 20 heavy (non-hydrogen) atoms. The Morgan fingerprint density at radius 3 is 2.50 bits per heavy atom. The Morgan fingerprint density at radius 1 is 1.35 bits per heavy atom. The summed E-state index contributed by atoms with van der Waals surface area (Å²) in [6.07, 6.45) is 1.51. The van der Waals surface area contributed by atoms with Crippen LogP contribution in [0.2, 0.25) is 0 Å². The van der Waals surface area contributed by atoms with Gasteiger partial charge in [-0.05, 0) is 25.0 Å². The molecule has 0 aliphatic carbocycles. The van der Waals surface area contributed by atoms with E-state index < -0.39 is 23.1 Å². The largest absolute Gasteiger partial charge is 0.409 e. The zero-order valence-electron chi connectivity index (χ0n) is 10.5. The average Bonchev–Trinajstić information content (AvgIpc) is 2.36. The highest BCUT2D eigenvalue weighted by atomic mass is 79.9. The van der Waals surface area contributed by atoms with Crippen LogP contribution in [0.15, 0.2) is 21.8 Å². The van der Waals surface area contributed by atoms with E-state index in [2.05, 4.69) is 26.4 Å². The number of rotatable bonds is 6. The SMILES string of the molecule is NC(CCCCNC(=O)c1c(F)cc(Br)cc1F)=NO. The van der Waals surface area contributed by atoms with Gasteiger partial charge in [-0.25, -0.2) is 8.78 Å². The van der Waals surface area contributed by atoms with Gasteiger partial charge in [0.25, 0.3) is 5.91 Å². The van der Waals surface area contributed by atoms with Crippen LogP contribution < -0.4 is 11.1 Å². The van der Waals surface area contributed by atoms with Crippen LogP contribution in [0.4, 0.5) is 8.78 Å². The zero-order valence-corrected chi connectivity index (χ0v) is 12.1. The zero-order chi connectivity index (χ0) is 15.1. The number of unbranched alkanes of at least 4 members (excludes halogenated alkanes) is 1. The highest BCUT2D eigenvalue weighted by Gasteiger charge is 2.17. The lowest BCUT2D eigenvalue weighted by Crippen LogP contribution is -2.26. The van der Waals surface area contributed by atoms with Crippen molar-refractivity contribution in [3.05, 3.63) is 33.8 Å². The minimum absolute atomic E-state index is 0.0984. The summed E-state index contributed by atoms with van der Waals surface area (Å²) < 4.78 is 27.2. The molecule has 5 nitrogen and oxygen atoms in total. The smallest absolute Gasteiger partial charge is 0.257 e. The number of hydrogen-bond acceptors (Lipinski definition) is 3. The fraction of sp³-hybridized carbons (Fsp3) is 0.333. The molecule has 0 fully saturated rings. The number of benzene rings is 1. The second-order valence-corrected chi connectivity index (χ2v) is 4.96. The normalized spacial score (nSPS) is 11.4. The van der Waals surface area contributed by atoms with E-state index in [0.29, 0.717) is 19.3 Å². The minimum atomic E-state index is -0.925. The summed E-state index contributed by atoms with van der Waals surface area (Å²) in [5.41, 5.74) is 4.66. The summed E-state index contributed by atoms with van der Waals surface area (Å²) in [6, 6.07) is 2.05. The molecule has 0 unspecified atom stereocenters. The van der Waals surface area contributed by atoms with Crippen LogP contribution in [-0.4, -0.2) is 23.5 Å². The number of amides is 1. The first-order valence-electron chi connectivity index (χ1n) is 5.85. The van der Waals surface area contributed by atoms with Gasteiger partial charge in [-0.15, -0.1) is 0 Å². The molecule has 1 amide bonds. The van der Waals surface area contributed by atoms with Crippen molar-refractivity contribution in [1.29, 1.82) is 0 Å². The third-order valence-corrected chi connectivity index (χ3v) is 2.97. The highest BCUT2D eigenvalue weighted by molar-refractivity contribution is 9.10. The molecule has 0 saturated heterocycles. The Hall–Kier alpha value is -1.70. The van der Waals surface area contributed by atoms with Gasteiger partial charge >= 0.3 is 0 Å². The summed E-state index contributed by atoms with van der Waals surface area (Å²) in [4.78, 5) is 11.7. The van der Waals surface area contributed by atoms with E-state index in [1.54, 1.807) is 0 Å². The van der Waals surface area contributed by atoms with Gasteiger partial charge in [-0.2, -0.15) is 0 Å². The Balaban J connectivity index is 2.48. The van der Waals surface area contributed by atoms with Crippen LogP contribution in [0.25, 0.3) is 0 Å². The van der Waals surface area contributed by atoms with Crippen LogP contribution in [-0.2, 0) is 0 Å². The molecule has 0 radical (unpaired) electrons. The van der Waals surface area contributed by atoms with Gasteiger partial charge in [0.05, 0.1) is 0 Å². The van der Waals surface area contributed by atoms with E-state index in [9.17, 15) is 13.6 Å². The van der Waals surface area contributed by atoms with Crippen molar-refractivity contribution >= 4 is 27.7 Å². The summed E-state index contributed by atoms with van der Waals surface area (Å²) in [5, 5.41) is 13.5. The molecule has 1 aromatic rings. The van der Waals surface area contributed by atoms with Gasteiger partial charge in [-0.1, -0.05) is 21.1 Å². The molecule has 0 heterocycles. The lowest BCUT2D eigenvalue weighted by Gasteiger charge is -2.07. The maximum Gasteiger partial charge on any atom is 0.257 e. The molecule has 1 rings (SSSR count). The van der Waals surface area contributed by atoms with Crippen molar-refractivity contribution < 1.29 is 18.8 Å². The topological polar surface area (TPSA) is 87.7 Å². The van der Waals surface area contributed by atoms with Gasteiger partial charge in [0, 0.05) is 17.4 Å². The van der Waals surface area contributed by atoms with E-state index in [1.807, 2.05) is 0 Å². The van der Waals surface area contributed by atoms with Gasteiger partial charge < -0.3 is 16.3 Å². The second-order valence-electron chi connectivity index (χ2n) is 4.05. The molecule has 0 bridgehead atoms. The van der Waals surface area contributed by atoms with Crippen molar-refractivity contribution in [3.8, 4) is 0 Å². The number of nitrogens with one attached hydrogen (secondary N) is 1. The standard InChI is InChI=1S/C12H14BrF2N3O2/c13-7-5-8(14)11(9(15)6-7)12(19)17-4-2-1-3-10(16)18-20/h5-6,20H,1-4H2,(H2,16,18)(H,17,19). The van der Waals surface area contributed by atoms with Crippen molar-refractivity contribution in [2.45, 2.75) is 19.3 Å². The van der Waals surface area contributed by atoms with Crippen LogP contribution in [0, 0.1) is 11.6 Å². The number of nitrogens with zero attached hydrogens (tertiary/aromatic N) is 1. The van der Waals surface area contributed by atoms with Crippen molar-refractivity contribution in [2.75, 3.05) is 6.54 Å². The van der Waals surface area contributed by atoms with Gasteiger partial charge in [-0.3, -0.25) is 4.79 Å². The molecule has 0 aliphatic heterocycles. The van der Waals surface area contributed by atoms with Crippen LogP contribution in [0.5, 0.6) is 0 Å². The van der Waals surface area contributed by atoms with Crippen LogP contribution >= 0.6 is 15.9 Å². The first kappa shape index (κ1) is 16.4. The lowest BCUT2D eigenvalue weighted by atomic mass is 10.1. The van der Waals surface area contributed by atoms with Crippen molar-refractivity contribution in [3.63, 3.8) is 0 Å². The Labute approximate surface area is 123 Å². The molecule has 4 N–H and O–H groups in total. The molecule has 0 aromatic heterocycles. The van der Waals surface area contributed by atoms with E-state index in [1.165, 1.54) is 0 Å². The van der Waals surface area contributed by atoms with E-state index in [-0.39, 0.29) is 16.9 Å². The molecular weight excluding hydrogens is 336 g/mol. The molecule has 110 valence electrons. The number of carbonyl (C=O) groups is 1. The quantitative estimate of drug-likeness (QED) is 0.242. The summed E-state index contributed by atoms with van der Waals surface area (Å²) in [5.74, 6) is -2.56. The van der Waals surface area contributed by atoms with E-state index in [4.69, 9.17) is 10.9 Å². The molecule has 0 spiro atoms. The second kappa shape index (κ2) is 7.78. The fourth-order valence-corrected chi connectivity index (χ4v) is 1.93. The molecule has 0 atom stereocenters. The van der Waals surface area contributed by atoms with Gasteiger partial charge in [0.2, 0.25) is 0 Å². The summed E-state index contributed by atoms with van der Waals surface area (Å²) in [7, 11) is 0. The van der Waals surface area contributed by atoms with Crippen LogP contribution in [0.1, 0.15) is 29.6 Å². The predicted octanol–water partition coefficient (Wildman–Crippen LogP) is 2.37. The number of oxime groups is 1. The summed E-state index contributed by atoms with van der Waals surface area (Å²) in [6.45, 7) is 0.243. The number of halogens is 3. The monoisotopic (exact) mass is 349 g/mol. The Kier molecular flexibility index (Phi) is 6.37. The molecular formula is C12H14BrF2N3O2. The van der Waals surface area contributed by atoms with E-state index >= 15 is 0 Å². The predicted molar refractivity (Wildman–Crippen MR) is 73.7 cm³/mol. The molecule has 8 heteroatoms. The van der Waals surface area contributed by atoms with Gasteiger partial charge in [0.15, 0.2) is 0 Å². The molecule has 0 aliphatic rings. The van der Waals surface area contributed by atoms with Crippen LogP contribution in [0.3, 0.4) is 0 Å². The Bertz CT molecular complexity index is 500. The fourth-order valence-electron chi connectivity index (χ4n) is 1.53. The van der Waals surface area contributed by atoms with Crippen molar-refractivity contribution in [2.24, 2.45) is 10.9 Å². The maximum atomic E-state index is 13.5. The van der Waals surface area contributed by atoms with Gasteiger partial charge in [0.1, 0.15) is 23.0 Å². The molecule has 0 saturated carbocycles. The maximum absolute atomic E-state index is 13.5.